The number of pyridine rings is 1. The van der Waals surface area contributed by atoms with Gasteiger partial charge in [-0.05, 0) is 36.5 Å². The first-order valence-corrected chi connectivity index (χ1v) is 8.25. The summed E-state index contributed by atoms with van der Waals surface area (Å²) in [6, 6.07) is 12.7. The number of anilines is 1. The highest BCUT2D eigenvalue weighted by Gasteiger charge is 2.35. The van der Waals surface area contributed by atoms with E-state index in [2.05, 4.69) is 22.3 Å². The largest absolute Gasteiger partial charge is 0.420 e. The van der Waals surface area contributed by atoms with Gasteiger partial charge in [0.2, 0.25) is 5.95 Å². The maximum Gasteiger partial charge on any atom is 0.420 e. The molecule has 1 aliphatic rings. The van der Waals surface area contributed by atoms with Gasteiger partial charge in [-0.3, -0.25) is 4.40 Å². The number of benzene rings is 1. The fraction of sp³-hybridized carbons (Fsp3) is 0.333. The summed E-state index contributed by atoms with van der Waals surface area (Å²) in [5.74, 6) is 0.954. The fourth-order valence-electron chi connectivity index (χ4n) is 3.48. The Morgan fingerprint density at radius 1 is 0.920 bits per heavy atom. The third-order valence-corrected chi connectivity index (χ3v) is 4.77. The Bertz CT molecular complexity index is 865. The van der Waals surface area contributed by atoms with E-state index in [-0.39, 0.29) is 5.65 Å². The van der Waals surface area contributed by atoms with Crippen LogP contribution in [0.15, 0.2) is 48.7 Å². The summed E-state index contributed by atoms with van der Waals surface area (Å²) < 4.78 is 40.8. The summed E-state index contributed by atoms with van der Waals surface area (Å²) in [7, 11) is 0. The van der Waals surface area contributed by atoms with Gasteiger partial charge in [0.1, 0.15) is 5.56 Å². The van der Waals surface area contributed by atoms with Gasteiger partial charge >= 0.3 is 6.18 Å². The molecule has 0 radical (unpaired) electrons. The molecule has 4 nitrogen and oxygen atoms in total. The molecule has 25 heavy (non-hydrogen) atoms. The molecular formula is C18H17F3N4. The van der Waals surface area contributed by atoms with Gasteiger partial charge in [0, 0.05) is 19.3 Å². The van der Waals surface area contributed by atoms with Crippen LogP contribution in [0.4, 0.5) is 19.1 Å². The first-order valence-electron chi connectivity index (χ1n) is 8.25. The number of fused-ring (bicyclic) bond motifs is 1. The van der Waals surface area contributed by atoms with Crippen molar-refractivity contribution in [3.8, 4) is 0 Å². The van der Waals surface area contributed by atoms with Gasteiger partial charge in [-0.25, -0.2) is 0 Å². The van der Waals surface area contributed by atoms with Crippen molar-refractivity contribution < 1.29 is 13.2 Å². The molecule has 130 valence electrons. The number of piperidine rings is 1. The van der Waals surface area contributed by atoms with Crippen molar-refractivity contribution >= 4 is 11.6 Å². The maximum atomic E-state index is 13.1. The van der Waals surface area contributed by atoms with Gasteiger partial charge in [0.15, 0.2) is 5.65 Å². The van der Waals surface area contributed by atoms with Gasteiger partial charge in [0.05, 0.1) is 0 Å². The minimum Gasteiger partial charge on any atom is -0.341 e. The van der Waals surface area contributed by atoms with Gasteiger partial charge in [-0.2, -0.15) is 13.2 Å². The zero-order valence-corrected chi connectivity index (χ0v) is 13.4. The van der Waals surface area contributed by atoms with Crippen molar-refractivity contribution in [3.63, 3.8) is 0 Å². The van der Waals surface area contributed by atoms with Crippen LogP contribution in [0.3, 0.4) is 0 Å². The lowest BCUT2D eigenvalue weighted by molar-refractivity contribution is -0.136. The molecule has 1 fully saturated rings. The van der Waals surface area contributed by atoms with E-state index >= 15 is 0 Å². The lowest BCUT2D eigenvalue weighted by atomic mass is 9.90. The predicted molar refractivity (Wildman–Crippen MR) is 88.6 cm³/mol. The molecule has 0 saturated carbocycles. The Balaban J connectivity index is 1.58. The highest BCUT2D eigenvalue weighted by Crippen LogP contribution is 2.34. The van der Waals surface area contributed by atoms with Crippen molar-refractivity contribution in [2.75, 3.05) is 18.0 Å². The molecule has 4 rings (SSSR count). The average Bonchev–Trinajstić information content (AvgIpc) is 3.06. The highest BCUT2D eigenvalue weighted by molar-refractivity contribution is 5.54. The smallest absolute Gasteiger partial charge is 0.341 e. The van der Waals surface area contributed by atoms with E-state index in [0.29, 0.717) is 11.9 Å². The molecule has 1 aromatic carbocycles. The first kappa shape index (κ1) is 15.9. The summed E-state index contributed by atoms with van der Waals surface area (Å²) >= 11 is 0. The van der Waals surface area contributed by atoms with Crippen LogP contribution in [0.25, 0.3) is 5.65 Å². The lowest BCUT2D eigenvalue weighted by Gasteiger charge is -2.32. The molecule has 0 unspecified atom stereocenters. The minimum absolute atomic E-state index is 0.143. The van der Waals surface area contributed by atoms with Crippen LogP contribution in [-0.2, 0) is 6.18 Å². The number of alkyl halides is 3. The first-order chi connectivity index (χ1) is 12.0. The topological polar surface area (TPSA) is 33.4 Å². The van der Waals surface area contributed by atoms with E-state index < -0.39 is 11.7 Å². The van der Waals surface area contributed by atoms with Crippen LogP contribution in [0.5, 0.6) is 0 Å². The third-order valence-electron chi connectivity index (χ3n) is 4.77. The molecule has 1 saturated heterocycles. The summed E-state index contributed by atoms with van der Waals surface area (Å²) in [5.41, 5.74) is 0.413. The van der Waals surface area contributed by atoms with E-state index in [1.54, 1.807) is 6.20 Å². The second-order valence-electron chi connectivity index (χ2n) is 6.29. The normalized spacial score (nSPS) is 16.5. The Morgan fingerprint density at radius 2 is 1.64 bits per heavy atom. The average molecular weight is 346 g/mol. The van der Waals surface area contributed by atoms with Crippen molar-refractivity contribution in [2.45, 2.75) is 24.9 Å². The van der Waals surface area contributed by atoms with Crippen molar-refractivity contribution in [2.24, 2.45) is 0 Å². The number of hydrogen-bond acceptors (Lipinski definition) is 3. The number of rotatable bonds is 2. The third kappa shape index (κ3) is 2.94. The number of aromatic nitrogens is 3. The molecule has 0 bridgehead atoms. The van der Waals surface area contributed by atoms with Crippen LogP contribution in [0.1, 0.15) is 29.9 Å². The number of nitrogens with zero attached hydrogens (tertiary/aromatic N) is 4. The predicted octanol–water partition coefficient (Wildman–Crippen LogP) is 4.13. The SMILES string of the molecule is FC(F)(F)c1cccn2c(N3CCC(c4ccccc4)CC3)nnc12. The van der Waals surface area contributed by atoms with E-state index in [4.69, 9.17) is 0 Å². The second-order valence-corrected chi connectivity index (χ2v) is 6.29. The molecule has 3 heterocycles. The molecule has 0 atom stereocenters. The van der Waals surface area contributed by atoms with Crippen molar-refractivity contribution in [1.82, 2.24) is 14.6 Å². The molecule has 0 spiro atoms. The van der Waals surface area contributed by atoms with Gasteiger partial charge in [-0.15, -0.1) is 10.2 Å². The molecule has 0 aliphatic carbocycles. The van der Waals surface area contributed by atoms with Crippen LogP contribution in [0, 0.1) is 0 Å². The molecule has 7 heteroatoms. The highest BCUT2D eigenvalue weighted by atomic mass is 19.4. The summed E-state index contributed by atoms with van der Waals surface area (Å²) in [4.78, 5) is 2.01. The van der Waals surface area contributed by atoms with Crippen LogP contribution >= 0.6 is 0 Å². The Kier molecular flexibility index (Phi) is 3.86. The Labute approximate surface area is 142 Å². The van der Waals surface area contributed by atoms with Gasteiger partial charge < -0.3 is 4.90 Å². The second kappa shape index (κ2) is 6.06. The van der Waals surface area contributed by atoms with Gasteiger partial charge in [-0.1, -0.05) is 30.3 Å². The molecule has 2 aromatic heterocycles. The van der Waals surface area contributed by atoms with Crippen molar-refractivity contribution in [3.05, 3.63) is 59.8 Å². The summed E-state index contributed by atoms with van der Waals surface area (Å²) in [6.45, 7) is 1.49. The van der Waals surface area contributed by atoms with Crippen LogP contribution in [0.2, 0.25) is 0 Å². The molecular weight excluding hydrogens is 329 g/mol. The lowest BCUT2D eigenvalue weighted by Crippen LogP contribution is -2.34. The summed E-state index contributed by atoms with van der Waals surface area (Å²) in [5, 5.41) is 7.82. The maximum absolute atomic E-state index is 13.1. The van der Waals surface area contributed by atoms with Crippen LogP contribution in [-0.4, -0.2) is 27.7 Å². The van der Waals surface area contributed by atoms with E-state index in [0.717, 1.165) is 32.0 Å². The minimum atomic E-state index is -4.44. The Hall–Kier alpha value is -2.57. The molecule has 1 aliphatic heterocycles. The fourth-order valence-corrected chi connectivity index (χ4v) is 3.48. The molecule has 0 N–H and O–H groups in total. The zero-order chi connectivity index (χ0) is 17.4. The molecule has 3 aromatic rings. The molecule has 0 amide bonds. The summed E-state index contributed by atoms with van der Waals surface area (Å²) in [6.07, 6.45) is -0.966. The number of hydrogen-bond donors (Lipinski definition) is 0. The monoisotopic (exact) mass is 346 g/mol. The zero-order valence-electron chi connectivity index (χ0n) is 13.4. The Morgan fingerprint density at radius 3 is 2.32 bits per heavy atom. The van der Waals surface area contributed by atoms with Crippen LogP contribution < -0.4 is 4.90 Å². The van der Waals surface area contributed by atoms with E-state index in [9.17, 15) is 13.2 Å². The quantitative estimate of drug-likeness (QED) is 0.699. The van der Waals surface area contributed by atoms with E-state index in [1.807, 2.05) is 23.1 Å². The van der Waals surface area contributed by atoms with E-state index in [1.165, 1.54) is 16.0 Å². The van der Waals surface area contributed by atoms with Gasteiger partial charge in [0.25, 0.3) is 0 Å². The van der Waals surface area contributed by atoms with Crippen molar-refractivity contribution in [1.29, 1.82) is 0 Å². The standard InChI is InChI=1S/C18H17F3N4/c19-18(20,21)15-7-4-10-25-16(15)22-23-17(25)24-11-8-14(9-12-24)13-5-2-1-3-6-13/h1-7,10,14H,8-9,11-12H2. The number of halogens is 3.